The molecule has 256 valence electrons. The average Bonchev–Trinajstić information content (AvgIpc) is 3.09. The molecule has 2 saturated carbocycles. The Morgan fingerprint density at radius 1 is 0.917 bits per heavy atom. The molecule has 48 heavy (non-hydrogen) atoms. The van der Waals surface area contributed by atoms with Crippen LogP contribution in [0.4, 0.5) is 4.79 Å². The number of ketones is 1. The number of nitrogens with one attached hydrogen (secondary N) is 1. The first-order chi connectivity index (χ1) is 23.3. The van der Waals surface area contributed by atoms with Crippen molar-refractivity contribution in [3.8, 4) is 0 Å². The third-order valence-electron chi connectivity index (χ3n) is 10.9. The maximum Gasteiger partial charge on any atom is 0.341 e. The van der Waals surface area contributed by atoms with Gasteiger partial charge in [-0.2, -0.15) is 5.01 Å². The fourth-order valence-electron chi connectivity index (χ4n) is 7.68. The lowest BCUT2D eigenvalue weighted by molar-refractivity contribution is -0.124. The molecule has 0 radical (unpaired) electrons. The topological polar surface area (TPSA) is 95.5 Å². The number of benzene rings is 1. The third kappa shape index (κ3) is 8.95. The lowest BCUT2D eigenvalue weighted by Gasteiger charge is -2.40. The highest BCUT2D eigenvalue weighted by molar-refractivity contribution is 6.04. The third-order valence-corrected chi connectivity index (χ3v) is 10.9. The average molecular weight is 652 g/mol. The number of Topliss-reactive ketones (excluding diaryl/α,β-unsaturated/α-hetero) is 1. The summed E-state index contributed by atoms with van der Waals surface area (Å²) in [6.45, 7) is 10.6. The van der Waals surface area contributed by atoms with Crippen LogP contribution in [0.15, 0.2) is 73.1 Å². The summed E-state index contributed by atoms with van der Waals surface area (Å²) in [6, 6.07) is 8.20. The van der Waals surface area contributed by atoms with Crippen LogP contribution in [-0.4, -0.2) is 57.2 Å². The summed E-state index contributed by atoms with van der Waals surface area (Å²) in [4.78, 5) is 49.3. The number of rotatable bonds is 12. The van der Waals surface area contributed by atoms with Crippen LogP contribution in [0.25, 0.3) is 5.57 Å². The first-order valence-corrected chi connectivity index (χ1v) is 18.0. The number of aromatic nitrogens is 2. The van der Waals surface area contributed by atoms with Crippen LogP contribution in [-0.2, 0) is 4.79 Å². The minimum atomic E-state index is -0.479. The smallest absolute Gasteiger partial charge is 0.322 e. The number of carbonyl (C=O) groups is 3. The quantitative estimate of drug-likeness (QED) is 0.184. The van der Waals surface area contributed by atoms with Crippen LogP contribution in [0, 0.1) is 23.7 Å². The Morgan fingerprint density at radius 2 is 1.54 bits per heavy atom. The van der Waals surface area contributed by atoms with Gasteiger partial charge in [0.05, 0.1) is 5.92 Å². The molecule has 1 aliphatic heterocycles. The molecule has 1 saturated heterocycles. The van der Waals surface area contributed by atoms with Crippen molar-refractivity contribution in [2.45, 2.75) is 90.9 Å². The second kappa shape index (κ2) is 17.0. The van der Waals surface area contributed by atoms with Crippen LogP contribution in [0.3, 0.4) is 0 Å². The van der Waals surface area contributed by atoms with E-state index in [0.717, 1.165) is 33.9 Å². The van der Waals surface area contributed by atoms with E-state index >= 15 is 0 Å². The van der Waals surface area contributed by atoms with Gasteiger partial charge in [-0.25, -0.2) is 20.2 Å². The molecule has 8 nitrogen and oxygen atoms in total. The van der Waals surface area contributed by atoms with E-state index < -0.39 is 11.9 Å². The molecular weight excluding hydrogens is 598 g/mol. The number of imide groups is 1. The molecule has 2 aromatic rings. The molecular formula is C40H53N5O3. The highest BCUT2D eigenvalue weighted by Gasteiger charge is 2.38. The number of hydrogen-bond donors (Lipinski definition) is 1. The Hall–Kier alpha value is -3.91. The van der Waals surface area contributed by atoms with Crippen molar-refractivity contribution in [1.82, 2.24) is 25.3 Å². The van der Waals surface area contributed by atoms with E-state index in [2.05, 4.69) is 18.9 Å². The zero-order chi connectivity index (χ0) is 34.0. The van der Waals surface area contributed by atoms with Gasteiger partial charge < -0.3 is 4.90 Å². The Bertz CT molecular complexity index is 1460. The minimum absolute atomic E-state index is 0.0444. The summed E-state index contributed by atoms with van der Waals surface area (Å²) in [5, 5.41) is 1.03. The monoisotopic (exact) mass is 651 g/mol. The van der Waals surface area contributed by atoms with Gasteiger partial charge in [0.1, 0.15) is 5.78 Å². The number of hydrazine groups is 1. The van der Waals surface area contributed by atoms with Gasteiger partial charge >= 0.3 is 6.03 Å². The van der Waals surface area contributed by atoms with Crippen LogP contribution in [0.5, 0.6) is 0 Å². The van der Waals surface area contributed by atoms with Crippen molar-refractivity contribution in [1.29, 1.82) is 0 Å². The molecule has 5 rings (SSSR count). The van der Waals surface area contributed by atoms with E-state index in [0.29, 0.717) is 30.4 Å². The number of amides is 3. The molecule has 0 bridgehead atoms. The van der Waals surface area contributed by atoms with Crippen LogP contribution < -0.4 is 5.43 Å². The molecule has 1 N–H and O–H groups in total. The number of carbonyl (C=O) groups excluding carboxylic acids is 3. The summed E-state index contributed by atoms with van der Waals surface area (Å²) in [5.41, 5.74) is 6.33. The maximum absolute atomic E-state index is 13.3. The minimum Gasteiger partial charge on any atom is -0.322 e. The van der Waals surface area contributed by atoms with Gasteiger partial charge in [0, 0.05) is 37.6 Å². The summed E-state index contributed by atoms with van der Waals surface area (Å²) < 4.78 is 0. The molecule has 1 aromatic carbocycles. The van der Waals surface area contributed by atoms with Gasteiger partial charge in [0.15, 0.2) is 5.82 Å². The summed E-state index contributed by atoms with van der Waals surface area (Å²) in [7, 11) is 0. The summed E-state index contributed by atoms with van der Waals surface area (Å²) in [5.74, 6) is 3.42. The molecule has 0 atom stereocenters. The number of hydrogen-bond acceptors (Lipinski definition) is 6. The van der Waals surface area contributed by atoms with E-state index in [1.54, 1.807) is 30.3 Å². The summed E-state index contributed by atoms with van der Waals surface area (Å²) >= 11 is 0. The highest BCUT2D eigenvalue weighted by atomic mass is 16.2. The van der Waals surface area contributed by atoms with E-state index in [1.165, 1.54) is 81.6 Å². The molecule has 3 amide bonds. The van der Waals surface area contributed by atoms with Gasteiger partial charge in [-0.3, -0.25) is 9.59 Å². The Kier molecular flexibility index (Phi) is 12.5. The number of nitrogens with zero attached hydrogens (tertiary/aromatic N) is 4. The van der Waals surface area contributed by atoms with Gasteiger partial charge in [-0.15, -0.1) is 0 Å². The molecule has 1 aromatic heterocycles. The van der Waals surface area contributed by atoms with Crippen molar-refractivity contribution in [3.63, 3.8) is 0 Å². The second-order valence-corrected chi connectivity index (χ2v) is 14.2. The second-order valence-electron chi connectivity index (χ2n) is 14.2. The van der Waals surface area contributed by atoms with Crippen LogP contribution >= 0.6 is 0 Å². The molecule has 2 aliphatic carbocycles. The predicted octanol–water partition coefficient (Wildman–Crippen LogP) is 8.16. The van der Waals surface area contributed by atoms with Crippen LogP contribution in [0.2, 0.25) is 0 Å². The largest absolute Gasteiger partial charge is 0.341 e. The predicted molar refractivity (Wildman–Crippen MR) is 191 cm³/mol. The molecule has 3 aliphatic rings. The number of likely N-dealkylation sites (tertiary alicyclic amines) is 1. The SMILES string of the molecule is C=C/C(=C\C=C(/C)c1ncc(C2CCC(C3CCC(CCC)CC3)CC2)cn1)CNN(C(=O)c1ccccc1)C(=O)N1CC(C(C)=O)C1. The molecule has 2 heterocycles. The Labute approximate surface area is 286 Å². The molecule has 0 spiro atoms. The van der Waals surface area contributed by atoms with E-state index in [1.807, 2.05) is 37.5 Å². The fourth-order valence-corrected chi connectivity index (χ4v) is 7.68. The summed E-state index contributed by atoms with van der Waals surface area (Å²) in [6.07, 6.45) is 23.1. The highest BCUT2D eigenvalue weighted by Crippen LogP contribution is 2.44. The van der Waals surface area contributed by atoms with Gasteiger partial charge in [0.25, 0.3) is 5.91 Å². The molecule has 0 unspecified atom stereocenters. The maximum atomic E-state index is 13.3. The lowest BCUT2D eigenvalue weighted by atomic mass is 9.68. The van der Waals surface area contributed by atoms with Crippen molar-refractivity contribution in [2.24, 2.45) is 23.7 Å². The van der Waals surface area contributed by atoms with E-state index in [9.17, 15) is 14.4 Å². The van der Waals surface area contributed by atoms with Gasteiger partial charge in [-0.1, -0.05) is 75.6 Å². The Morgan fingerprint density at radius 3 is 2.12 bits per heavy atom. The van der Waals surface area contributed by atoms with E-state index in [-0.39, 0.29) is 18.2 Å². The van der Waals surface area contributed by atoms with Crippen molar-refractivity contribution < 1.29 is 14.4 Å². The van der Waals surface area contributed by atoms with E-state index in [4.69, 9.17) is 9.97 Å². The normalized spacial score (nSPS) is 23.7. The standard InChI is InChI=1S/C40H53N5O3/c1-5-10-31-15-17-32(18-16-31)33-19-21-34(22-20-33)36-24-41-38(42-25-36)28(3)13-14-30(6-2)23-43-45(39(47)35-11-8-7-9-12-35)40(48)44-26-37(27-44)29(4)46/h6-9,11-14,24-25,31-34,37,43H,2,5,10,15-23,26-27H2,1,3-4H3/b28-13+,30-14+. The van der Waals surface area contributed by atoms with Gasteiger partial charge in [0.2, 0.25) is 0 Å². The Balaban J connectivity index is 1.16. The van der Waals surface area contributed by atoms with Crippen molar-refractivity contribution in [2.75, 3.05) is 19.6 Å². The lowest BCUT2D eigenvalue weighted by Crippen LogP contribution is -2.60. The number of allylic oxidation sites excluding steroid dienone is 3. The van der Waals surface area contributed by atoms with Crippen molar-refractivity contribution >= 4 is 23.3 Å². The van der Waals surface area contributed by atoms with Crippen molar-refractivity contribution in [3.05, 3.63) is 90.1 Å². The fraction of sp³-hybridized carbons (Fsp3) is 0.525. The first-order valence-electron chi connectivity index (χ1n) is 18.0. The molecule has 8 heteroatoms. The zero-order valence-corrected chi connectivity index (χ0v) is 29.1. The van der Waals surface area contributed by atoms with Gasteiger partial charge in [-0.05, 0) is 105 Å². The van der Waals surface area contributed by atoms with Crippen LogP contribution in [0.1, 0.15) is 113 Å². The number of urea groups is 1. The first kappa shape index (κ1) is 35.4. The zero-order valence-electron chi connectivity index (χ0n) is 29.1. The molecule has 3 fully saturated rings.